The second-order valence-corrected chi connectivity index (χ2v) is 6.91. The first-order chi connectivity index (χ1) is 14.9. The molecule has 166 valence electrons. The fraction of sp³-hybridized carbons (Fsp3) is 0.348. The van der Waals surface area contributed by atoms with Gasteiger partial charge in [0, 0.05) is 18.7 Å². The first kappa shape index (κ1) is 23.7. The maximum absolute atomic E-state index is 13.6. The van der Waals surface area contributed by atoms with E-state index in [-0.39, 0.29) is 24.9 Å². The normalized spacial score (nSPS) is 12.4. The molecule has 0 saturated heterocycles. The van der Waals surface area contributed by atoms with Crippen molar-refractivity contribution in [2.45, 2.75) is 32.2 Å². The molecule has 0 aromatic heterocycles. The molecule has 0 heterocycles. The minimum atomic E-state index is -1.49. The van der Waals surface area contributed by atoms with Gasteiger partial charge in [0.1, 0.15) is 22.6 Å². The topological polar surface area (TPSA) is 105 Å². The van der Waals surface area contributed by atoms with Crippen LogP contribution >= 0.6 is 0 Å². The molecule has 0 aliphatic heterocycles. The second-order valence-electron chi connectivity index (χ2n) is 6.91. The van der Waals surface area contributed by atoms with Crippen molar-refractivity contribution in [1.82, 2.24) is 4.90 Å². The quantitative estimate of drug-likeness (QED) is 0.533. The van der Waals surface area contributed by atoms with Crippen LogP contribution < -0.4 is 14.8 Å². The van der Waals surface area contributed by atoms with E-state index in [2.05, 4.69) is 5.32 Å². The summed E-state index contributed by atoms with van der Waals surface area (Å²) >= 11 is 0. The van der Waals surface area contributed by atoms with E-state index >= 15 is 0 Å². The Kier molecular flexibility index (Phi) is 8.01. The highest BCUT2D eigenvalue weighted by Gasteiger charge is 2.46. The van der Waals surface area contributed by atoms with Crippen LogP contribution in [0.25, 0.3) is 0 Å². The van der Waals surface area contributed by atoms with Gasteiger partial charge in [-0.15, -0.1) is 0 Å². The first-order valence-corrected chi connectivity index (χ1v) is 9.93. The minimum Gasteiger partial charge on any atom is -0.496 e. The van der Waals surface area contributed by atoms with E-state index in [1.54, 1.807) is 56.3 Å². The molecular weight excluding hydrogens is 400 g/mol. The zero-order chi connectivity index (χ0) is 23.0. The molecule has 2 aromatic carbocycles. The van der Waals surface area contributed by atoms with Crippen LogP contribution in [0.4, 0.5) is 5.69 Å². The SMILES string of the molecule is CCN(C(=O)c1c(OC)cccc1OC)[C@@](CC)(Cc1ccc(NC=O)cc1)C(=O)O. The van der Waals surface area contributed by atoms with Crippen molar-refractivity contribution in [1.29, 1.82) is 0 Å². The number of carbonyl (C=O) groups is 3. The van der Waals surface area contributed by atoms with Crippen LogP contribution in [0, 0.1) is 0 Å². The third-order valence-electron chi connectivity index (χ3n) is 5.38. The summed E-state index contributed by atoms with van der Waals surface area (Å²) in [5.41, 5.74) is 0.00774. The number of carboxylic acid groups (broad SMARTS) is 1. The van der Waals surface area contributed by atoms with Crippen molar-refractivity contribution in [3.05, 3.63) is 53.6 Å². The van der Waals surface area contributed by atoms with Crippen LogP contribution in [0.1, 0.15) is 36.2 Å². The Balaban J connectivity index is 2.54. The molecule has 2 amide bonds. The number of anilines is 1. The van der Waals surface area contributed by atoms with Crippen LogP contribution in [0.2, 0.25) is 0 Å². The molecular formula is C23H28N2O6. The van der Waals surface area contributed by atoms with E-state index in [9.17, 15) is 19.5 Å². The van der Waals surface area contributed by atoms with Crippen molar-refractivity contribution in [2.75, 3.05) is 26.1 Å². The molecule has 0 bridgehead atoms. The highest BCUT2D eigenvalue weighted by Crippen LogP contribution is 2.34. The predicted octanol–water partition coefficient (Wildman–Crippen LogP) is 3.21. The third-order valence-corrected chi connectivity index (χ3v) is 5.38. The predicted molar refractivity (Wildman–Crippen MR) is 117 cm³/mol. The van der Waals surface area contributed by atoms with E-state index in [0.29, 0.717) is 23.6 Å². The monoisotopic (exact) mass is 428 g/mol. The number of nitrogens with one attached hydrogen (secondary N) is 1. The van der Waals surface area contributed by atoms with Crippen molar-refractivity contribution in [3.63, 3.8) is 0 Å². The summed E-state index contributed by atoms with van der Waals surface area (Å²) in [6.45, 7) is 3.65. The molecule has 0 radical (unpaired) electrons. The van der Waals surface area contributed by atoms with Crippen LogP contribution in [0.15, 0.2) is 42.5 Å². The molecule has 0 unspecified atom stereocenters. The number of aliphatic carboxylic acids is 1. The molecule has 0 spiro atoms. The van der Waals surface area contributed by atoms with Crippen molar-refractivity contribution >= 4 is 24.0 Å². The van der Waals surface area contributed by atoms with Gasteiger partial charge in [-0.3, -0.25) is 9.59 Å². The Morgan fingerprint density at radius 3 is 2.06 bits per heavy atom. The number of likely N-dealkylation sites (N-methyl/N-ethyl adjacent to an activating group) is 1. The number of hydrogen-bond donors (Lipinski definition) is 2. The lowest BCUT2D eigenvalue weighted by atomic mass is 9.85. The molecule has 0 aliphatic rings. The van der Waals surface area contributed by atoms with E-state index in [4.69, 9.17) is 9.47 Å². The van der Waals surface area contributed by atoms with Crippen molar-refractivity contribution in [3.8, 4) is 11.5 Å². The van der Waals surface area contributed by atoms with E-state index in [1.807, 2.05) is 0 Å². The number of ether oxygens (including phenoxy) is 2. The first-order valence-electron chi connectivity index (χ1n) is 9.93. The van der Waals surface area contributed by atoms with Gasteiger partial charge >= 0.3 is 5.97 Å². The van der Waals surface area contributed by atoms with E-state index in [0.717, 1.165) is 5.56 Å². The number of carboxylic acids is 1. The summed E-state index contributed by atoms with van der Waals surface area (Å²) < 4.78 is 10.7. The van der Waals surface area contributed by atoms with Gasteiger partial charge in [-0.25, -0.2) is 4.79 Å². The van der Waals surface area contributed by atoms with Gasteiger partial charge < -0.3 is 24.8 Å². The highest BCUT2D eigenvalue weighted by molar-refractivity contribution is 6.02. The zero-order valence-electron chi connectivity index (χ0n) is 18.2. The summed E-state index contributed by atoms with van der Waals surface area (Å²) in [5, 5.41) is 12.8. The number of amides is 2. The lowest BCUT2D eigenvalue weighted by molar-refractivity contribution is -0.150. The van der Waals surface area contributed by atoms with E-state index < -0.39 is 17.4 Å². The van der Waals surface area contributed by atoms with Gasteiger partial charge in [-0.1, -0.05) is 25.1 Å². The van der Waals surface area contributed by atoms with Gasteiger partial charge in [-0.2, -0.15) is 0 Å². The fourth-order valence-corrected chi connectivity index (χ4v) is 3.72. The molecule has 2 N–H and O–H groups in total. The number of benzene rings is 2. The van der Waals surface area contributed by atoms with Crippen molar-refractivity contribution < 1.29 is 29.0 Å². The Morgan fingerprint density at radius 2 is 1.65 bits per heavy atom. The molecule has 0 saturated carbocycles. The third kappa shape index (κ3) is 4.79. The van der Waals surface area contributed by atoms with Gasteiger partial charge in [0.25, 0.3) is 5.91 Å². The van der Waals surface area contributed by atoms with Crippen molar-refractivity contribution in [2.24, 2.45) is 0 Å². The summed E-state index contributed by atoms with van der Waals surface area (Å²) in [6, 6.07) is 11.8. The summed E-state index contributed by atoms with van der Waals surface area (Å²) in [6.07, 6.45) is 0.853. The Hall–Kier alpha value is -3.55. The lowest BCUT2D eigenvalue weighted by Crippen LogP contribution is -2.58. The van der Waals surface area contributed by atoms with Gasteiger partial charge in [0.15, 0.2) is 0 Å². The Bertz CT molecular complexity index is 906. The molecule has 2 rings (SSSR count). The molecule has 8 nitrogen and oxygen atoms in total. The zero-order valence-corrected chi connectivity index (χ0v) is 18.2. The smallest absolute Gasteiger partial charge is 0.329 e. The van der Waals surface area contributed by atoms with Crippen LogP contribution in [0.5, 0.6) is 11.5 Å². The maximum atomic E-state index is 13.6. The molecule has 2 aromatic rings. The maximum Gasteiger partial charge on any atom is 0.329 e. The Morgan fingerprint density at radius 1 is 1.06 bits per heavy atom. The molecule has 31 heavy (non-hydrogen) atoms. The molecule has 0 fully saturated rings. The molecule has 1 atom stereocenters. The largest absolute Gasteiger partial charge is 0.496 e. The highest BCUT2D eigenvalue weighted by atomic mass is 16.5. The summed E-state index contributed by atoms with van der Waals surface area (Å²) in [5.74, 6) is -0.973. The number of hydrogen-bond acceptors (Lipinski definition) is 5. The average Bonchev–Trinajstić information content (AvgIpc) is 2.79. The van der Waals surface area contributed by atoms with Crippen LogP contribution in [0.3, 0.4) is 0 Å². The summed E-state index contributed by atoms with van der Waals surface area (Å²) in [7, 11) is 2.89. The van der Waals surface area contributed by atoms with Crippen LogP contribution in [-0.2, 0) is 16.0 Å². The van der Waals surface area contributed by atoms with Gasteiger partial charge in [-0.05, 0) is 43.2 Å². The molecule has 0 aliphatic carbocycles. The second kappa shape index (κ2) is 10.5. The lowest BCUT2D eigenvalue weighted by Gasteiger charge is -2.40. The number of carbonyl (C=O) groups excluding carboxylic acids is 2. The minimum absolute atomic E-state index is 0.0945. The van der Waals surface area contributed by atoms with Gasteiger partial charge in [0.2, 0.25) is 6.41 Å². The standard InChI is InChI=1S/C23H28N2O6/c1-5-23(22(28)29,14-16-10-12-17(13-11-16)24-15-26)25(6-2)21(27)20-18(30-3)8-7-9-19(20)31-4/h7-13,15H,5-6,14H2,1-4H3,(H,24,26)(H,28,29)/t23-/m0/s1. The van der Waals surface area contributed by atoms with E-state index in [1.165, 1.54) is 19.1 Å². The Labute approximate surface area is 181 Å². The fourth-order valence-electron chi connectivity index (χ4n) is 3.72. The molecule has 8 heteroatoms. The van der Waals surface area contributed by atoms with Gasteiger partial charge in [0.05, 0.1) is 14.2 Å². The number of nitrogens with zero attached hydrogens (tertiary/aromatic N) is 1. The summed E-state index contributed by atoms with van der Waals surface area (Å²) in [4.78, 5) is 38.2. The van der Waals surface area contributed by atoms with Crippen LogP contribution in [-0.4, -0.2) is 54.6 Å². The number of rotatable bonds is 11. The average molecular weight is 428 g/mol. The number of methoxy groups -OCH3 is 2.